The maximum absolute atomic E-state index is 12.0. The Bertz CT molecular complexity index is 647. The van der Waals surface area contributed by atoms with Crippen molar-refractivity contribution in [2.24, 2.45) is 0 Å². The highest BCUT2D eigenvalue weighted by Gasteiger charge is 2.09. The Hall–Kier alpha value is -1.78. The zero-order valence-electron chi connectivity index (χ0n) is 11.4. The van der Waals surface area contributed by atoms with Crippen molar-refractivity contribution in [2.45, 2.75) is 13.0 Å². The Kier molecular flexibility index (Phi) is 5.42. The second-order valence-corrected chi connectivity index (χ2v) is 5.20. The van der Waals surface area contributed by atoms with Crippen LogP contribution in [0.4, 0.5) is 0 Å². The zero-order chi connectivity index (χ0) is 15.2. The molecule has 0 saturated heterocycles. The van der Waals surface area contributed by atoms with Crippen molar-refractivity contribution >= 4 is 29.1 Å². The Morgan fingerprint density at radius 2 is 2.10 bits per heavy atom. The second-order valence-electron chi connectivity index (χ2n) is 4.36. The number of nitrogens with zero attached hydrogens (tertiary/aromatic N) is 1. The van der Waals surface area contributed by atoms with E-state index >= 15 is 0 Å². The van der Waals surface area contributed by atoms with Crippen molar-refractivity contribution in [1.82, 2.24) is 10.3 Å². The lowest BCUT2D eigenvalue weighted by Gasteiger charge is -2.09. The molecule has 0 unspecified atom stereocenters. The number of carbonyl (C=O) groups is 1. The number of pyridine rings is 1. The lowest BCUT2D eigenvalue weighted by atomic mass is 10.1. The van der Waals surface area contributed by atoms with Crippen molar-refractivity contribution in [1.29, 1.82) is 0 Å². The fourth-order valence-electron chi connectivity index (χ4n) is 1.84. The zero-order valence-corrected chi connectivity index (χ0v) is 12.9. The Morgan fingerprint density at radius 3 is 2.81 bits per heavy atom. The van der Waals surface area contributed by atoms with Crippen LogP contribution in [0, 0.1) is 0 Å². The first-order valence-corrected chi connectivity index (χ1v) is 7.04. The summed E-state index contributed by atoms with van der Waals surface area (Å²) >= 11 is 11.9. The highest BCUT2D eigenvalue weighted by atomic mass is 35.5. The molecule has 0 saturated carbocycles. The van der Waals surface area contributed by atoms with Crippen LogP contribution in [-0.2, 0) is 17.8 Å². The van der Waals surface area contributed by atoms with Crippen molar-refractivity contribution in [3.05, 3.63) is 57.7 Å². The first-order chi connectivity index (χ1) is 10.1. The lowest BCUT2D eigenvalue weighted by Crippen LogP contribution is -2.25. The van der Waals surface area contributed by atoms with Gasteiger partial charge in [0.25, 0.3) is 0 Å². The van der Waals surface area contributed by atoms with Crippen molar-refractivity contribution in [2.75, 3.05) is 7.11 Å². The van der Waals surface area contributed by atoms with Crippen LogP contribution in [-0.4, -0.2) is 18.0 Å². The maximum atomic E-state index is 12.0. The molecule has 6 heteroatoms. The van der Waals surface area contributed by atoms with Crippen LogP contribution < -0.4 is 10.1 Å². The molecule has 0 radical (unpaired) electrons. The van der Waals surface area contributed by atoms with Crippen LogP contribution in [0.2, 0.25) is 10.0 Å². The predicted octanol–water partition coefficient (Wildman–Crippen LogP) is 3.26. The topological polar surface area (TPSA) is 51.2 Å². The van der Waals surface area contributed by atoms with E-state index in [0.29, 0.717) is 22.5 Å². The average molecular weight is 325 g/mol. The quantitative estimate of drug-likeness (QED) is 0.918. The number of hydrogen-bond donors (Lipinski definition) is 1. The fourth-order valence-corrected chi connectivity index (χ4v) is 2.31. The van der Waals surface area contributed by atoms with Gasteiger partial charge in [-0.3, -0.25) is 4.79 Å². The fraction of sp³-hybridized carbons (Fsp3) is 0.200. The number of amides is 1. The summed E-state index contributed by atoms with van der Waals surface area (Å²) in [6, 6.07) is 8.71. The Balaban J connectivity index is 1.96. The molecule has 0 aliphatic carbocycles. The van der Waals surface area contributed by atoms with Crippen LogP contribution in [0.5, 0.6) is 5.88 Å². The number of nitrogens with one attached hydrogen (secondary N) is 1. The molecule has 1 aromatic carbocycles. The first-order valence-electron chi connectivity index (χ1n) is 6.28. The van der Waals surface area contributed by atoms with Crippen molar-refractivity contribution in [3.8, 4) is 5.88 Å². The summed E-state index contributed by atoms with van der Waals surface area (Å²) in [5.41, 5.74) is 1.55. The molecule has 1 heterocycles. The number of halogens is 2. The number of aromatic nitrogens is 1. The largest absolute Gasteiger partial charge is 0.481 e. The van der Waals surface area contributed by atoms with Crippen LogP contribution in [0.3, 0.4) is 0 Å². The SMILES string of the molecule is COc1ncccc1CNC(=O)Cc1ccc(Cl)cc1Cl. The van der Waals surface area contributed by atoms with E-state index in [1.807, 2.05) is 6.07 Å². The van der Waals surface area contributed by atoms with Gasteiger partial charge in [0, 0.05) is 28.4 Å². The van der Waals surface area contributed by atoms with Gasteiger partial charge in [0.05, 0.1) is 13.5 Å². The van der Waals surface area contributed by atoms with E-state index in [-0.39, 0.29) is 12.3 Å². The maximum Gasteiger partial charge on any atom is 0.224 e. The van der Waals surface area contributed by atoms with Gasteiger partial charge < -0.3 is 10.1 Å². The van der Waals surface area contributed by atoms with E-state index in [4.69, 9.17) is 27.9 Å². The number of hydrogen-bond acceptors (Lipinski definition) is 3. The minimum Gasteiger partial charge on any atom is -0.481 e. The van der Waals surface area contributed by atoms with Gasteiger partial charge in [-0.2, -0.15) is 0 Å². The molecule has 2 aromatic rings. The summed E-state index contributed by atoms with van der Waals surface area (Å²) in [6.07, 6.45) is 1.83. The molecule has 0 spiro atoms. The van der Waals surface area contributed by atoms with E-state index in [9.17, 15) is 4.79 Å². The summed E-state index contributed by atoms with van der Waals surface area (Å²) in [5.74, 6) is 0.368. The molecule has 0 bridgehead atoms. The number of rotatable bonds is 5. The summed E-state index contributed by atoms with van der Waals surface area (Å²) in [4.78, 5) is 16.0. The molecule has 1 N–H and O–H groups in total. The molecule has 1 aromatic heterocycles. The van der Waals surface area contributed by atoms with Gasteiger partial charge in [0.2, 0.25) is 11.8 Å². The minimum absolute atomic E-state index is 0.134. The standard InChI is InChI=1S/C15H14Cl2N2O2/c1-21-15-11(3-2-6-18-15)9-19-14(20)7-10-4-5-12(16)8-13(10)17/h2-6,8H,7,9H2,1H3,(H,19,20). The van der Waals surface area contributed by atoms with E-state index in [0.717, 1.165) is 11.1 Å². The summed E-state index contributed by atoms with van der Waals surface area (Å²) < 4.78 is 5.13. The van der Waals surface area contributed by atoms with Gasteiger partial charge in [-0.15, -0.1) is 0 Å². The second kappa shape index (κ2) is 7.29. The molecular formula is C15H14Cl2N2O2. The summed E-state index contributed by atoms with van der Waals surface area (Å²) in [7, 11) is 1.54. The minimum atomic E-state index is -0.134. The van der Waals surface area contributed by atoms with Crippen molar-refractivity contribution < 1.29 is 9.53 Å². The third-order valence-corrected chi connectivity index (χ3v) is 3.47. The molecule has 1 amide bonds. The summed E-state index contributed by atoms with van der Waals surface area (Å²) in [5, 5.41) is 3.84. The van der Waals surface area contributed by atoms with E-state index in [2.05, 4.69) is 10.3 Å². The molecule has 4 nitrogen and oxygen atoms in total. The molecule has 2 rings (SSSR count). The van der Waals surface area contributed by atoms with Gasteiger partial charge in [-0.1, -0.05) is 35.3 Å². The Morgan fingerprint density at radius 1 is 1.29 bits per heavy atom. The van der Waals surface area contributed by atoms with Crippen LogP contribution >= 0.6 is 23.2 Å². The number of carbonyl (C=O) groups excluding carboxylic acids is 1. The molecule has 0 fully saturated rings. The average Bonchev–Trinajstić information content (AvgIpc) is 2.48. The van der Waals surface area contributed by atoms with Gasteiger partial charge in [0.1, 0.15) is 0 Å². The highest BCUT2D eigenvalue weighted by Crippen LogP contribution is 2.21. The smallest absolute Gasteiger partial charge is 0.224 e. The number of benzene rings is 1. The number of ether oxygens (including phenoxy) is 1. The van der Waals surface area contributed by atoms with Gasteiger partial charge in [-0.05, 0) is 23.8 Å². The van der Waals surface area contributed by atoms with Crippen LogP contribution in [0.15, 0.2) is 36.5 Å². The predicted molar refractivity (Wildman–Crippen MR) is 82.8 cm³/mol. The summed E-state index contributed by atoms with van der Waals surface area (Å²) in [6.45, 7) is 0.348. The third kappa shape index (κ3) is 4.34. The molecule has 21 heavy (non-hydrogen) atoms. The lowest BCUT2D eigenvalue weighted by molar-refractivity contribution is -0.120. The van der Waals surface area contributed by atoms with Crippen molar-refractivity contribution in [3.63, 3.8) is 0 Å². The normalized spacial score (nSPS) is 10.2. The van der Waals surface area contributed by atoms with Crippen LogP contribution in [0.1, 0.15) is 11.1 Å². The molecule has 0 atom stereocenters. The number of methoxy groups -OCH3 is 1. The molecule has 0 aliphatic rings. The van der Waals surface area contributed by atoms with Gasteiger partial charge >= 0.3 is 0 Å². The molecular weight excluding hydrogens is 311 g/mol. The van der Waals surface area contributed by atoms with Gasteiger partial charge in [-0.25, -0.2) is 4.98 Å². The van der Waals surface area contributed by atoms with Crippen LogP contribution in [0.25, 0.3) is 0 Å². The Labute approximate surface area is 133 Å². The van der Waals surface area contributed by atoms with Gasteiger partial charge in [0.15, 0.2) is 0 Å². The van der Waals surface area contributed by atoms with E-state index in [1.54, 1.807) is 37.6 Å². The molecule has 0 aliphatic heterocycles. The highest BCUT2D eigenvalue weighted by molar-refractivity contribution is 6.35. The molecule has 110 valence electrons. The first kappa shape index (κ1) is 15.6. The van der Waals surface area contributed by atoms with E-state index < -0.39 is 0 Å². The van der Waals surface area contributed by atoms with E-state index in [1.165, 1.54) is 0 Å². The third-order valence-electron chi connectivity index (χ3n) is 2.89. The monoisotopic (exact) mass is 324 g/mol.